The Kier molecular flexibility index (Phi) is 3.65. The average molecular weight is 225 g/mol. The van der Waals surface area contributed by atoms with E-state index in [0.717, 1.165) is 10.8 Å². The molecular weight excluding hydrogens is 214 g/mol. The Hall–Kier alpha value is -1.59. The minimum absolute atomic E-state index is 0. The van der Waals surface area contributed by atoms with Crippen LogP contribution in [-0.4, -0.2) is 8.42 Å². The zero-order valence-electron chi connectivity index (χ0n) is 7.92. The first-order valence-electron chi connectivity index (χ1n) is 4.07. The Bertz CT molecular complexity index is 524. The van der Waals surface area contributed by atoms with Crippen LogP contribution in [-0.2, 0) is 11.0 Å². The first kappa shape index (κ1) is 11.5. The molecule has 5 heteroatoms. The van der Waals surface area contributed by atoms with E-state index in [1.54, 1.807) is 12.1 Å². The lowest BCUT2D eigenvalue weighted by Gasteiger charge is -2.02. The molecule has 0 amide bonds. The van der Waals surface area contributed by atoms with E-state index in [0.29, 0.717) is 5.75 Å². The zero-order chi connectivity index (χ0) is 9.97. The summed E-state index contributed by atoms with van der Waals surface area (Å²) >= 11 is 0. The topological polar surface area (TPSA) is 78.4 Å². The lowest BCUT2D eigenvalue weighted by atomic mass is 10.1. The number of hydrogen-bond acceptors (Lipinski definition) is 4. The lowest BCUT2D eigenvalue weighted by molar-refractivity contribution is 0.513. The molecule has 0 heterocycles. The molecule has 0 saturated heterocycles. The third kappa shape index (κ3) is 2.45. The van der Waals surface area contributed by atoms with Crippen molar-refractivity contribution in [3.8, 4) is 5.75 Å². The Balaban J connectivity index is 0.00000112. The summed E-state index contributed by atoms with van der Waals surface area (Å²) in [6.45, 7) is 0. The van der Waals surface area contributed by atoms with Crippen LogP contribution >= 0.6 is 0 Å². The van der Waals surface area contributed by atoms with Crippen molar-refractivity contribution in [2.75, 3.05) is 0 Å². The van der Waals surface area contributed by atoms with E-state index in [-0.39, 0.29) is 6.15 Å². The molecule has 0 aliphatic rings. The van der Waals surface area contributed by atoms with Crippen LogP contribution < -0.4 is 10.3 Å². The highest BCUT2D eigenvalue weighted by atomic mass is 32.2. The molecule has 0 aliphatic carbocycles. The van der Waals surface area contributed by atoms with Crippen molar-refractivity contribution >= 4 is 21.8 Å². The van der Waals surface area contributed by atoms with Crippen molar-refractivity contribution in [3.05, 3.63) is 42.5 Å². The van der Waals surface area contributed by atoms with Gasteiger partial charge in [-0.2, -0.15) is 8.42 Å². The Morgan fingerprint density at radius 2 is 1.60 bits per heavy atom. The molecule has 0 bridgehead atoms. The van der Waals surface area contributed by atoms with Crippen molar-refractivity contribution < 1.29 is 12.6 Å². The summed E-state index contributed by atoms with van der Waals surface area (Å²) in [5.74, 6) is 0.374. The number of fused-ring (bicyclic) bond motifs is 1. The third-order valence-corrected chi connectivity index (χ3v) is 2.27. The Morgan fingerprint density at radius 3 is 2.33 bits per heavy atom. The molecule has 0 unspecified atom stereocenters. The highest BCUT2D eigenvalue weighted by Gasteiger charge is 2.00. The van der Waals surface area contributed by atoms with Gasteiger partial charge in [-0.15, -0.1) is 0 Å². The zero-order valence-corrected chi connectivity index (χ0v) is 8.81. The molecule has 0 atom stereocenters. The molecule has 2 aromatic carbocycles. The second kappa shape index (κ2) is 4.77. The molecule has 4 nitrogen and oxygen atoms in total. The van der Waals surface area contributed by atoms with Crippen LogP contribution in [0.5, 0.6) is 5.75 Å². The second-order valence-electron chi connectivity index (χ2n) is 2.79. The van der Waals surface area contributed by atoms with Gasteiger partial charge in [0.25, 0.3) is 11.0 Å². The average Bonchev–Trinajstić information content (AvgIpc) is 2.18. The molecule has 3 N–H and O–H groups in total. The summed E-state index contributed by atoms with van der Waals surface area (Å²) in [5, 5.41) is 1.76. The third-order valence-electron chi connectivity index (χ3n) is 1.92. The molecule has 0 radical (unpaired) electrons. The van der Waals surface area contributed by atoms with Crippen LogP contribution in [0.25, 0.3) is 10.8 Å². The van der Waals surface area contributed by atoms with Gasteiger partial charge in [0.1, 0.15) is 5.75 Å². The van der Waals surface area contributed by atoms with Crippen LogP contribution in [0.3, 0.4) is 0 Å². The summed E-state index contributed by atoms with van der Waals surface area (Å²) in [5.41, 5.74) is 0. The van der Waals surface area contributed by atoms with Crippen molar-refractivity contribution in [1.29, 1.82) is 0 Å². The predicted octanol–water partition coefficient (Wildman–Crippen LogP) is 1.91. The summed E-state index contributed by atoms with van der Waals surface area (Å²) in [4.78, 5) is 0. The number of rotatable bonds is 2. The summed E-state index contributed by atoms with van der Waals surface area (Å²) < 4.78 is 25.5. The van der Waals surface area contributed by atoms with Gasteiger partial charge in [0.15, 0.2) is 0 Å². The molecule has 15 heavy (non-hydrogen) atoms. The van der Waals surface area contributed by atoms with Gasteiger partial charge in [-0.3, -0.25) is 0 Å². The molecule has 80 valence electrons. The van der Waals surface area contributed by atoms with Crippen molar-refractivity contribution in [3.63, 3.8) is 0 Å². The fourth-order valence-corrected chi connectivity index (χ4v) is 1.68. The Morgan fingerprint density at radius 1 is 0.933 bits per heavy atom. The normalized spacial score (nSPS) is 9.93. The minimum atomic E-state index is -2.85. The van der Waals surface area contributed by atoms with Crippen LogP contribution in [0.2, 0.25) is 0 Å². The van der Waals surface area contributed by atoms with Gasteiger partial charge in [-0.25, -0.2) is 0 Å². The van der Waals surface area contributed by atoms with Crippen molar-refractivity contribution in [1.82, 2.24) is 6.15 Å². The monoisotopic (exact) mass is 225 g/mol. The number of thiol groups is 1. The quantitative estimate of drug-likeness (QED) is 0.765. The van der Waals surface area contributed by atoms with E-state index in [4.69, 9.17) is 0 Å². The van der Waals surface area contributed by atoms with Gasteiger partial charge in [0.05, 0.1) is 0 Å². The smallest absolute Gasteiger partial charge is 0.299 e. The van der Waals surface area contributed by atoms with Gasteiger partial charge in [-0.05, 0) is 11.5 Å². The van der Waals surface area contributed by atoms with Gasteiger partial charge >= 0.3 is 0 Å². The highest BCUT2D eigenvalue weighted by Crippen LogP contribution is 2.24. The van der Waals surface area contributed by atoms with E-state index in [2.05, 4.69) is 4.18 Å². The predicted molar refractivity (Wildman–Crippen MR) is 59.9 cm³/mol. The van der Waals surface area contributed by atoms with Crippen LogP contribution in [0.15, 0.2) is 42.5 Å². The fraction of sp³-hybridized carbons (Fsp3) is 0. The maximum absolute atomic E-state index is 10.4. The molecule has 0 aliphatic heterocycles. The first-order valence-corrected chi connectivity index (χ1v) is 5.17. The highest BCUT2D eigenvalue weighted by molar-refractivity contribution is 7.67. The molecule has 0 aromatic heterocycles. The molecule has 0 spiro atoms. The van der Waals surface area contributed by atoms with E-state index in [9.17, 15) is 8.42 Å². The number of benzene rings is 2. The van der Waals surface area contributed by atoms with Crippen LogP contribution in [0.4, 0.5) is 0 Å². The first-order chi connectivity index (χ1) is 6.77. The SMILES string of the molecule is N.O=[SH](=O)Oc1cccc2ccccc12. The van der Waals surface area contributed by atoms with E-state index in [1.165, 1.54) is 0 Å². The largest absolute Gasteiger partial charge is 0.384 e. The molecule has 0 saturated carbocycles. The standard InChI is InChI=1S/C10H8O3S.H3N/c11-14(12)13-10-7-3-5-8-4-1-2-6-9(8)10;/h1-7,14H;1H3. The summed E-state index contributed by atoms with van der Waals surface area (Å²) in [6.07, 6.45) is 0. The lowest BCUT2D eigenvalue weighted by Crippen LogP contribution is -1.90. The van der Waals surface area contributed by atoms with Crippen molar-refractivity contribution in [2.45, 2.75) is 0 Å². The second-order valence-corrected chi connectivity index (χ2v) is 3.42. The van der Waals surface area contributed by atoms with Crippen LogP contribution in [0, 0.1) is 0 Å². The maximum Gasteiger partial charge on any atom is 0.299 e. The number of hydrogen-bond donors (Lipinski definition) is 2. The molecule has 2 aromatic rings. The fourth-order valence-electron chi connectivity index (χ4n) is 1.36. The van der Waals surface area contributed by atoms with Crippen molar-refractivity contribution in [2.24, 2.45) is 0 Å². The van der Waals surface area contributed by atoms with E-state index < -0.39 is 11.0 Å². The van der Waals surface area contributed by atoms with E-state index >= 15 is 0 Å². The summed E-state index contributed by atoms with van der Waals surface area (Å²) in [6, 6.07) is 12.8. The van der Waals surface area contributed by atoms with Gasteiger partial charge in [0.2, 0.25) is 0 Å². The maximum atomic E-state index is 10.4. The molecular formula is C10H11NO3S. The molecule has 0 fully saturated rings. The molecule has 2 rings (SSSR count). The van der Waals surface area contributed by atoms with Crippen LogP contribution in [0.1, 0.15) is 0 Å². The van der Waals surface area contributed by atoms with Gasteiger partial charge < -0.3 is 10.3 Å². The summed E-state index contributed by atoms with van der Waals surface area (Å²) in [7, 11) is -2.85. The van der Waals surface area contributed by atoms with Gasteiger partial charge in [-0.1, -0.05) is 36.4 Å². The minimum Gasteiger partial charge on any atom is -0.384 e. The van der Waals surface area contributed by atoms with E-state index in [1.807, 2.05) is 30.3 Å². The Labute approximate surface area is 89.2 Å². The van der Waals surface area contributed by atoms with Gasteiger partial charge in [0, 0.05) is 5.39 Å².